The topological polar surface area (TPSA) is 49.4 Å². The molecule has 0 unspecified atom stereocenters. The minimum atomic E-state index is -0.516. The zero-order chi connectivity index (χ0) is 16.4. The second kappa shape index (κ2) is 6.38. The first-order valence-corrected chi connectivity index (χ1v) is 7.54. The number of hydrogen-bond donors (Lipinski definition) is 1. The Bertz CT molecular complexity index is 749. The summed E-state index contributed by atoms with van der Waals surface area (Å²) in [5.74, 6) is -1.51. The molecule has 1 atom stereocenters. The lowest BCUT2D eigenvalue weighted by atomic mass is 10.1. The summed E-state index contributed by atoms with van der Waals surface area (Å²) >= 11 is 5.80. The Hall–Kier alpha value is -2.40. The zero-order valence-corrected chi connectivity index (χ0v) is 12.9. The monoisotopic (exact) mass is 332 g/mol. The van der Waals surface area contributed by atoms with Crippen LogP contribution >= 0.6 is 11.6 Å². The van der Waals surface area contributed by atoms with Crippen molar-refractivity contribution in [2.24, 2.45) is 5.92 Å². The molecule has 1 N–H and O–H groups in total. The predicted molar refractivity (Wildman–Crippen MR) is 86.9 cm³/mol. The van der Waals surface area contributed by atoms with E-state index in [1.165, 1.54) is 17.0 Å². The molecule has 0 spiro atoms. The molecule has 3 rings (SSSR count). The quantitative estimate of drug-likeness (QED) is 0.935. The molecule has 0 bridgehead atoms. The highest BCUT2D eigenvalue weighted by Gasteiger charge is 2.36. The normalized spacial score (nSPS) is 17.4. The highest BCUT2D eigenvalue weighted by atomic mass is 35.5. The van der Waals surface area contributed by atoms with Crippen LogP contribution in [0.1, 0.15) is 6.42 Å². The lowest BCUT2D eigenvalue weighted by Gasteiger charge is -2.17. The molecule has 0 saturated carbocycles. The zero-order valence-electron chi connectivity index (χ0n) is 12.1. The van der Waals surface area contributed by atoms with Gasteiger partial charge in [0.05, 0.1) is 11.6 Å². The van der Waals surface area contributed by atoms with E-state index in [-0.39, 0.29) is 30.5 Å². The minimum absolute atomic E-state index is 0.0633. The van der Waals surface area contributed by atoms with Crippen LogP contribution in [0.3, 0.4) is 0 Å². The van der Waals surface area contributed by atoms with Gasteiger partial charge in [0.25, 0.3) is 0 Å². The third kappa shape index (κ3) is 3.35. The minimum Gasteiger partial charge on any atom is -0.326 e. The summed E-state index contributed by atoms with van der Waals surface area (Å²) < 4.78 is 13.8. The number of amides is 2. The molecule has 4 nitrogen and oxygen atoms in total. The number of rotatable bonds is 3. The van der Waals surface area contributed by atoms with Crippen LogP contribution in [0.4, 0.5) is 15.8 Å². The van der Waals surface area contributed by atoms with Gasteiger partial charge >= 0.3 is 0 Å². The van der Waals surface area contributed by atoms with E-state index in [4.69, 9.17) is 11.6 Å². The Morgan fingerprint density at radius 1 is 1.17 bits per heavy atom. The molecule has 23 heavy (non-hydrogen) atoms. The molecular formula is C17H14ClFN2O2. The van der Waals surface area contributed by atoms with Crippen molar-refractivity contribution in [1.82, 2.24) is 0 Å². The molecule has 0 radical (unpaired) electrons. The van der Waals surface area contributed by atoms with Gasteiger partial charge in [0, 0.05) is 23.7 Å². The van der Waals surface area contributed by atoms with E-state index < -0.39 is 11.7 Å². The number of anilines is 2. The van der Waals surface area contributed by atoms with Crippen molar-refractivity contribution in [3.05, 3.63) is 59.4 Å². The summed E-state index contributed by atoms with van der Waals surface area (Å²) in [4.78, 5) is 25.7. The average Bonchev–Trinajstić information content (AvgIpc) is 2.92. The maximum absolute atomic E-state index is 13.8. The Balaban J connectivity index is 1.71. The molecule has 1 heterocycles. The molecule has 1 aliphatic heterocycles. The van der Waals surface area contributed by atoms with Crippen LogP contribution in [0.15, 0.2) is 48.5 Å². The highest BCUT2D eigenvalue weighted by Crippen LogP contribution is 2.28. The lowest BCUT2D eigenvalue weighted by molar-refractivity contribution is -0.122. The molecule has 2 aromatic rings. The first-order valence-electron chi connectivity index (χ1n) is 7.16. The molecule has 6 heteroatoms. The van der Waals surface area contributed by atoms with Crippen LogP contribution in [-0.2, 0) is 9.59 Å². The van der Waals surface area contributed by atoms with Gasteiger partial charge in [-0.25, -0.2) is 4.39 Å². The fourth-order valence-corrected chi connectivity index (χ4v) is 2.69. The number of halogens is 2. The van der Waals surface area contributed by atoms with Crippen molar-refractivity contribution >= 4 is 34.8 Å². The molecule has 1 fully saturated rings. The van der Waals surface area contributed by atoms with E-state index in [0.717, 1.165) is 0 Å². The smallest absolute Gasteiger partial charge is 0.229 e. The number of carbonyl (C=O) groups is 2. The molecule has 0 aromatic heterocycles. The van der Waals surface area contributed by atoms with Gasteiger partial charge in [-0.05, 0) is 36.4 Å². The Kier molecular flexibility index (Phi) is 4.30. The van der Waals surface area contributed by atoms with Gasteiger partial charge in [0.15, 0.2) is 0 Å². The van der Waals surface area contributed by atoms with Gasteiger partial charge < -0.3 is 10.2 Å². The second-order valence-electron chi connectivity index (χ2n) is 5.35. The number of hydrogen-bond acceptors (Lipinski definition) is 2. The second-order valence-corrected chi connectivity index (χ2v) is 5.79. The molecule has 1 aliphatic rings. The van der Waals surface area contributed by atoms with Gasteiger partial charge in [0.1, 0.15) is 5.82 Å². The Morgan fingerprint density at radius 3 is 2.57 bits per heavy atom. The number of para-hydroxylation sites is 1. The van der Waals surface area contributed by atoms with Crippen LogP contribution in [0.25, 0.3) is 0 Å². The maximum atomic E-state index is 13.8. The van der Waals surface area contributed by atoms with E-state index in [0.29, 0.717) is 10.7 Å². The van der Waals surface area contributed by atoms with E-state index in [1.54, 1.807) is 36.4 Å². The van der Waals surface area contributed by atoms with E-state index in [1.807, 2.05) is 0 Å². The van der Waals surface area contributed by atoms with Gasteiger partial charge in [0.2, 0.25) is 11.8 Å². The van der Waals surface area contributed by atoms with Crippen LogP contribution in [0.2, 0.25) is 5.02 Å². The molecule has 0 aliphatic carbocycles. The Labute approximate surface area is 137 Å². The van der Waals surface area contributed by atoms with Gasteiger partial charge in [-0.3, -0.25) is 9.59 Å². The first-order chi connectivity index (χ1) is 11.0. The van der Waals surface area contributed by atoms with Crippen LogP contribution in [0.5, 0.6) is 0 Å². The SMILES string of the molecule is O=C(Nc1ccc(Cl)cc1)[C@H]1CC(=O)N(c2ccccc2F)C1. The molecule has 2 amide bonds. The summed E-state index contributed by atoms with van der Waals surface area (Å²) in [6.07, 6.45) is 0.0633. The largest absolute Gasteiger partial charge is 0.326 e. The molecule has 118 valence electrons. The van der Waals surface area contributed by atoms with Crippen LogP contribution < -0.4 is 10.2 Å². The van der Waals surface area contributed by atoms with Crippen molar-refractivity contribution in [3.63, 3.8) is 0 Å². The van der Waals surface area contributed by atoms with Gasteiger partial charge in [-0.2, -0.15) is 0 Å². The molecule has 1 saturated heterocycles. The van der Waals surface area contributed by atoms with E-state index in [9.17, 15) is 14.0 Å². The standard InChI is InChI=1S/C17H14ClFN2O2/c18-12-5-7-13(8-6-12)20-17(23)11-9-16(22)21(10-11)15-4-2-1-3-14(15)19/h1-8,11H,9-10H2,(H,20,23)/t11-/m0/s1. The third-order valence-corrected chi connectivity index (χ3v) is 4.00. The first kappa shape index (κ1) is 15.5. The molecule has 2 aromatic carbocycles. The van der Waals surface area contributed by atoms with Crippen molar-refractivity contribution in [2.45, 2.75) is 6.42 Å². The van der Waals surface area contributed by atoms with Crippen molar-refractivity contribution in [1.29, 1.82) is 0 Å². The van der Waals surface area contributed by atoms with Gasteiger partial charge in [-0.1, -0.05) is 23.7 Å². The predicted octanol–water partition coefficient (Wildman–Crippen LogP) is 3.47. The van der Waals surface area contributed by atoms with E-state index in [2.05, 4.69) is 5.32 Å². The summed E-state index contributed by atoms with van der Waals surface area (Å²) in [7, 11) is 0. The number of benzene rings is 2. The maximum Gasteiger partial charge on any atom is 0.229 e. The summed E-state index contributed by atoms with van der Waals surface area (Å²) in [5.41, 5.74) is 0.815. The lowest BCUT2D eigenvalue weighted by Crippen LogP contribution is -2.28. The summed E-state index contributed by atoms with van der Waals surface area (Å²) in [5, 5.41) is 3.32. The number of carbonyl (C=O) groups excluding carboxylic acids is 2. The summed E-state index contributed by atoms with van der Waals surface area (Å²) in [6.45, 7) is 0.166. The fraction of sp³-hybridized carbons (Fsp3) is 0.176. The summed E-state index contributed by atoms with van der Waals surface area (Å²) in [6, 6.07) is 12.8. The van der Waals surface area contributed by atoms with Gasteiger partial charge in [-0.15, -0.1) is 0 Å². The third-order valence-electron chi connectivity index (χ3n) is 3.75. The highest BCUT2D eigenvalue weighted by molar-refractivity contribution is 6.30. The van der Waals surface area contributed by atoms with Crippen molar-refractivity contribution in [3.8, 4) is 0 Å². The number of nitrogens with zero attached hydrogens (tertiary/aromatic N) is 1. The average molecular weight is 333 g/mol. The number of nitrogens with one attached hydrogen (secondary N) is 1. The van der Waals surface area contributed by atoms with Crippen LogP contribution in [0, 0.1) is 11.7 Å². The van der Waals surface area contributed by atoms with Crippen molar-refractivity contribution in [2.75, 3.05) is 16.8 Å². The molecular weight excluding hydrogens is 319 g/mol. The Morgan fingerprint density at radius 2 is 1.87 bits per heavy atom. The van der Waals surface area contributed by atoms with Crippen molar-refractivity contribution < 1.29 is 14.0 Å². The fourth-order valence-electron chi connectivity index (χ4n) is 2.56. The van der Waals surface area contributed by atoms with Crippen LogP contribution in [-0.4, -0.2) is 18.4 Å². The van der Waals surface area contributed by atoms with E-state index >= 15 is 0 Å².